The molecule has 68 valence electrons. The van der Waals surface area contributed by atoms with Gasteiger partial charge in [-0.15, -0.1) is 0 Å². The van der Waals surface area contributed by atoms with Crippen LogP contribution in [0.5, 0.6) is 0 Å². The molecule has 2 nitrogen and oxygen atoms in total. The summed E-state index contributed by atoms with van der Waals surface area (Å²) in [5.74, 6) is 0.718. The van der Waals surface area contributed by atoms with Gasteiger partial charge in [0, 0.05) is 12.6 Å². The molecule has 0 saturated carbocycles. The third-order valence-electron chi connectivity index (χ3n) is 1.86. The van der Waals surface area contributed by atoms with Gasteiger partial charge in [-0.2, -0.15) is 0 Å². The maximum absolute atomic E-state index is 5.91. The topological polar surface area (TPSA) is 29.3 Å². The van der Waals surface area contributed by atoms with Crippen molar-refractivity contribution in [3.8, 4) is 0 Å². The van der Waals surface area contributed by atoms with Crippen molar-refractivity contribution in [1.82, 2.24) is 4.90 Å². The molecule has 0 heterocycles. The highest BCUT2D eigenvalue weighted by Gasteiger charge is 2.06. The first-order valence-corrected chi connectivity index (χ1v) is 4.50. The van der Waals surface area contributed by atoms with Crippen LogP contribution >= 0.6 is 0 Å². The van der Waals surface area contributed by atoms with Gasteiger partial charge in [-0.3, -0.25) is 0 Å². The van der Waals surface area contributed by atoms with Crippen molar-refractivity contribution in [3.63, 3.8) is 0 Å². The predicted octanol–water partition coefficient (Wildman–Crippen LogP) is 1.31. The van der Waals surface area contributed by atoms with E-state index in [1.165, 1.54) is 0 Å². The van der Waals surface area contributed by atoms with E-state index in [0.717, 1.165) is 25.4 Å². The fourth-order valence-electron chi connectivity index (χ4n) is 1.21. The van der Waals surface area contributed by atoms with Crippen molar-refractivity contribution < 1.29 is 0 Å². The molecule has 11 heavy (non-hydrogen) atoms. The minimum atomic E-state index is 0.347. The maximum atomic E-state index is 5.91. The van der Waals surface area contributed by atoms with E-state index in [-0.39, 0.29) is 0 Å². The minimum Gasteiger partial charge on any atom is -0.327 e. The van der Waals surface area contributed by atoms with E-state index in [4.69, 9.17) is 5.73 Å². The Kier molecular flexibility index (Phi) is 5.51. The van der Waals surface area contributed by atoms with Gasteiger partial charge in [-0.05, 0) is 25.9 Å². The molecule has 1 atom stereocenters. The van der Waals surface area contributed by atoms with Crippen LogP contribution in [0.15, 0.2) is 0 Å². The lowest BCUT2D eigenvalue weighted by atomic mass is 10.0. The highest BCUT2D eigenvalue weighted by Crippen LogP contribution is 2.03. The van der Waals surface area contributed by atoms with Crippen LogP contribution in [0.25, 0.3) is 0 Å². The molecule has 0 rings (SSSR count). The molecule has 0 amide bonds. The molecular formula is C9H22N2. The number of hydrogen-bond acceptors (Lipinski definition) is 2. The van der Waals surface area contributed by atoms with Gasteiger partial charge in [-0.25, -0.2) is 0 Å². The van der Waals surface area contributed by atoms with E-state index in [9.17, 15) is 0 Å². The maximum Gasteiger partial charge on any atom is 0.0170 e. The molecule has 2 heteroatoms. The van der Waals surface area contributed by atoms with Crippen molar-refractivity contribution in [2.75, 3.05) is 20.1 Å². The summed E-state index contributed by atoms with van der Waals surface area (Å²) in [4.78, 5) is 2.26. The normalized spacial score (nSPS) is 14.5. The Morgan fingerprint density at radius 2 is 1.91 bits per heavy atom. The highest BCUT2D eigenvalue weighted by atomic mass is 15.1. The molecule has 0 bridgehead atoms. The summed E-state index contributed by atoms with van der Waals surface area (Å²) in [5, 5.41) is 0. The molecule has 0 unspecified atom stereocenters. The van der Waals surface area contributed by atoms with Crippen LogP contribution in [0.4, 0.5) is 0 Å². The van der Waals surface area contributed by atoms with Gasteiger partial charge in [0.15, 0.2) is 0 Å². The molecule has 0 aromatic rings. The zero-order valence-corrected chi connectivity index (χ0v) is 8.30. The van der Waals surface area contributed by atoms with E-state index < -0.39 is 0 Å². The Bertz CT molecular complexity index is 91.6. The highest BCUT2D eigenvalue weighted by molar-refractivity contribution is 4.66. The van der Waals surface area contributed by atoms with E-state index in [1.807, 2.05) is 0 Å². The van der Waals surface area contributed by atoms with Crippen molar-refractivity contribution in [1.29, 1.82) is 0 Å². The monoisotopic (exact) mass is 158 g/mol. The lowest BCUT2D eigenvalue weighted by molar-refractivity contribution is 0.307. The molecule has 0 aromatic heterocycles. The van der Waals surface area contributed by atoms with Gasteiger partial charge in [0.05, 0.1) is 0 Å². The first kappa shape index (κ1) is 10.9. The molecule has 0 aliphatic heterocycles. The Morgan fingerprint density at radius 3 is 2.27 bits per heavy atom. The van der Waals surface area contributed by atoms with Gasteiger partial charge in [0.2, 0.25) is 0 Å². The predicted molar refractivity (Wildman–Crippen MR) is 50.6 cm³/mol. The summed E-state index contributed by atoms with van der Waals surface area (Å²) >= 11 is 0. The first-order valence-electron chi connectivity index (χ1n) is 4.50. The molecule has 0 aliphatic carbocycles. The Hall–Kier alpha value is -0.0800. The van der Waals surface area contributed by atoms with Gasteiger partial charge in [0.25, 0.3) is 0 Å². The molecule has 2 N–H and O–H groups in total. The summed E-state index contributed by atoms with van der Waals surface area (Å²) in [7, 11) is 2.11. The van der Waals surface area contributed by atoms with Crippen molar-refractivity contribution in [3.05, 3.63) is 0 Å². The molecule has 0 radical (unpaired) electrons. The van der Waals surface area contributed by atoms with Gasteiger partial charge in [0.1, 0.15) is 0 Å². The summed E-state index contributed by atoms with van der Waals surface area (Å²) < 4.78 is 0. The number of likely N-dealkylation sites (N-methyl/N-ethyl adjacent to an activating group) is 1. The van der Waals surface area contributed by atoms with Gasteiger partial charge < -0.3 is 10.6 Å². The summed E-state index contributed by atoms with van der Waals surface area (Å²) in [5.41, 5.74) is 5.91. The van der Waals surface area contributed by atoms with E-state index in [2.05, 4.69) is 32.7 Å². The SMILES string of the molecule is CCN(C)C[C@H](N)CC(C)C. The van der Waals surface area contributed by atoms with Crippen LogP contribution in [0.1, 0.15) is 27.2 Å². The molecule has 0 saturated heterocycles. The minimum absolute atomic E-state index is 0.347. The lowest BCUT2D eigenvalue weighted by Gasteiger charge is -2.20. The zero-order chi connectivity index (χ0) is 8.85. The van der Waals surface area contributed by atoms with E-state index in [1.54, 1.807) is 0 Å². The fraction of sp³-hybridized carbons (Fsp3) is 1.00. The second-order valence-corrected chi connectivity index (χ2v) is 3.74. The quantitative estimate of drug-likeness (QED) is 0.653. The smallest absolute Gasteiger partial charge is 0.0170 e. The van der Waals surface area contributed by atoms with Crippen LogP contribution in [0.3, 0.4) is 0 Å². The molecule has 0 spiro atoms. The van der Waals surface area contributed by atoms with Crippen LogP contribution in [0, 0.1) is 5.92 Å². The molecule has 0 aliphatic rings. The standard InChI is InChI=1S/C9H22N2/c1-5-11(4)7-9(10)6-8(2)3/h8-9H,5-7,10H2,1-4H3/t9-/m1/s1. The van der Waals surface area contributed by atoms with Crippen molar-refractivity contribution in [2.24, 2.45) is 11.7 Å². The number of nitrogens with zero attached hydrogens (tertiary/aromatic N) is 1. The summed E-state index contributed by atoms with van der Waals surface area (Å²) in [6.45, 7) is 8.69. The Morgan fingerprint density at radius 1 is 1.36 bits per heavy atom. The summed E-state index contributed by atoms with van der Waals surface area (Å²) in [6.07, 6.45) is 1.13. The van der Waals surface area contributed by atoms with E-state index in [0.29, 0.717) is 6.04 Å². The van der Waals surface area contributed by atoms with Gasteiger partial charge in [-0.1, -0.05) is 20.8 Å². The van der Waals surface area contributed by atoms with Crippen LogP contribution in [-0.4, -0.2) is 31.1 Å². The van der Waals surface area contributed by atoms with Crippen LogP contribution in [-0.2, 0) is 0 Å². The number of rotatable bonds is 5. The average Bonchev–Trinajstić information content (AvgIpc) is 1.85. The van der Waals surface area contributed by atoms with Crippen LogP contribution in [0.2, 0.25) is 0 Å². The zero-order valence-electron chi connectivity index (χ0n) is 8.30. The Balaban J connectivity index is 3.43. The van der Waals surface area contributed by atoms with Crippen molar-refractivity contribution in [2.45, 2.75) is 33.2 Å². The molecule has 0 fully saturated rings. The average molecular weight is 158 g/mol. The Labute approximate surface area is 70.8 Å². The summed E-state index contributed by atoms with van der Waals surface area (Å²) in [6, 6.07) is 0.347. The first-order chi connectivity index (χ1) is 5.06. The lowest BCUT2D eigenvalue weighted by Crippen LogP contribution is -2.36. The molecule has 0 aromatic carbocycles. The largest absolute Gasteiger partial charge is 0.327 e. The third-order valence-corrected chi connectivity index (χ3v) is 1.86. The number of nitrogens with two attached hydrogens (primary N) is 1. The second-order valence-electron chi connectivity index (χ2n) is 3.74. The van der Waals surface area contributed by atoms with Gasteiger partial charge >= 0.3 is 0 Å². The third kappa shape index (κ3) is 6.32. The number of hydrogen-bond donors (Lipinski definition) is 1. The fourth-order valence-corrected chi connectivity index (χ4v) is 1.21. The van der Waals surface area contributed by atoms with Crippen LogP contribution < -0.4 is 5.73 Å². The second kappa shape index (κ2) is 5.56. The van der Waals surface area contributed by atoms with E-state index >= 15 is 0 Å². The van der Waals surface area contributed by atoms with Crippen molar-refractivity contribution >= 4 is 0 Å². The molecular weight excluding hydrogens is 136 g/mol.